The van der Waals surface area contributed by atoms with E-state index >= 15 is 0 Å². The van der Waals surface area contributed by atoms with Gasteiger partial charge in [-0.1, -0.05) is 32.9 Å². The molecule has 22 heavy (non-hydrogen) atoms. The zero-order valence-corrected chi connectivity index (χ0v) is 13.5. The third-order valence-corrected chi connectivity index (χ3v) is 4.42. The van der Waals surface area contributed by atoms with Crippen LogP contribution in [0.3, 0.4) is 0 Å². The first-order valence-corrected chi connectivity index (χ1v) is 7.65. The largest absolute Gasteiger partial charge is 0.446 e. The monoisotopic (exact) mass is 301 g/mol. The number of aryl methyl sites for hydroxylation is 1. The second-order valence-electron chi connectivity index (χ2n) is 7.31. The number of fused-ring (bicyclic) bond motifs is 1. The molecule has 0 aliphatic heterocycles. The summed E-state index contributed by atoms with van der Waals surface area (Å²) in [6.45, 7) is 6.25. The molecule has 0 saturated heterocycles. The highest BCUT2D eigenvalue weighted by atomic mass is 16.6. The van der Waals surface area contributed by atoms with Gasteiger partial charge < -0.3 is 10.5 Å². The number of amides is 1. The fourth-order valence-corrected chi connectivity index (χ4v) is 3.45. The Morgan fingerprint density at radius 1 is 1.45 bits per heavy atom. The zero-order chi connectivity index (χ0) is 16.1. The van der Waals surface area contributed by atoms with Gasteiger partial charge in [-0.05, 0) is 29.4 Å². The summed E-state index contributed by atoms with van der Waals surface area (Å²) in [7, 11) is 1.93. The Morgan fingerprint density at radius 3 is 2.82 bits per heavy atom. The van der Waals surface area contributed by atoms with Crippen LogP contribution in [-0.4, -0.2) is 22.0 Å². The van der Waals surface area contributed by atoms with Crippen molar-refractivity contribution in [2.24, 2.45) is 24.1 Å². The van der Waals surface area contributed by atoms with Gasteiger partial charge in [0, 0.05) is 24.5 Å². The number of carbonyl (C=O) groups is 1. The molecule has 1 saturated carbocycles. The first kappa shape index (κ1) is 14.9. The van der Waals surface area contributed by atoms with Crippen LogP contribution in [0.25, 0.3) is 10.9 Å². The van der Waals surface area contributed by atoms with Gasteiger partial charge >= 0.3 is 6.09 Å². The number of ether oxygens (including phenoxy) is 1. The maximum absolute atomic E-state index is 11.2. The summed E-state index contributed by atoms with van der Waals surface area (Å²) in [5.74, 6) is 0.717. The third-order valence-electron chi connectivity index (χ3n) is 4.42. The Balaban J connectivity index is 1.90. The molecule has 2 N–H and O–H groups in total. The van der Waals surface area contributed by atoms with Gasteiger partial charge in [0.25, 0.3) is 0 Å². The van der Waals surface area contributed by atoms with Crippen LogP contribution in [0, 0.1) is 11.3 Å². The van der Waals surface area contributed by atoms with Gasteiger partial charge in [-0.2, -0.15) is 5.10 Å². The van der Waals surface area contributed by atoms with Crippen molar-refractivity contribution in [3.05, 3.63) is 30.0 Å². The minimum atomic E-state index is -0.690. The number of primary amides is 1. The molecule has 0 bridgehead atoms. The molecule has 3 unspecified atom stereocenters. The van der Waals surface area contributed by atoms with Crippen molar-refractivity contribution in [2.75, 3.05) is 0 Å². The minimum Gasteiger partial charge on any atom is -0.446 e. The van der Waals surface area contributed by atoms with E-state index in [1.807, 2.05) is 23.9 Å². The average Bonchev–Trinajstić information content (AvgIpc) is 3.07. The fourth-order valence-electron chi connectivity index (χ4n) is 3.45. The Kier molecular flexibility index (Phi) is 3.38. The van der Waals surface area contributed by atoms with Gasteiger partial charge in [0.2, 0.25) is 0 Å². The number of benzene rings is 1. The summed E-state index contributed by atoms with van der Waals surface area (Å²) < 4.78 is 7.27. The van der Waals surface area contributed by atoms with Gasteiger partial charge in [0.15, 0.2) is 0 Å². The number of hydrogen-bond donors (Lipinski definition) is 1. The lowest BCUT2D eigenvalue weighted by atomic mass is 9.84. The summed E-state index contributed by atoms with van der Waals surface area (Å²) in [6.07, 6.45) is 2.22. The lowest BCUT2D eigenvalue weighted by Crippen LogP contribution is -2.35. The van der Waals surface area contributed by atoms with Crippen LogP contribution in [0.5, 0.6) is 0 Å². The normalized spacial score (nSPS) is 22.5. The van der Waals surface area contributed by atoms with Crippen molar-refractivity contribution >= 4 is 17.0 Å². The SMILES string of the molecule is Cn1cc2c(C3CC3C(OC(N)=O)C(C)(C)C)cccc2n1. The number of rotatable bonds is 3. The van der Waals surface area contributed by atoms with Crippen LogP contribution in [0.1, 0.15) is 38.7 Å². The lowest BCUT2D eigenvalue weighted by Gasteiger charge is -2.30. The lowest BCUT2D eigenvalue weighted by molar-refractivity contribution is 0.0209. The topological polar surface area (TPSA) is 70.1 Å². The van der Waals surface area contributed by atoms with Crippen LogP contribution in [0.4, 0.5) is 4.79 Å². The average molecular weight is 301 g/mol. The molecule has 1 fully saturated rings. The summed E-state index contributed by atoms with van der Waals surface area (Å²) >= 11 is 0. The molecule has 1 aromatic heterocycles. The molecule has 3 atom stereocenters. The van der Waals surface area contributed by atoms with E-state index in [0.29, 0.717) is 11.8 Å². The highest BCUT2D eigenvalue weighted by Gasteiger charge is 2.50. The van der Waals surface area contributed by atoms with Gasteiger partial charge in [0.05, 0.1) is 5.52 Å². The van der Waals surface area contributed by atoms with E-state index in [0.717, 1.165) is 11.9 Å². The van der Waals surface area contributed by atoms with Crippen LogP contribution >= 0.6 is 0 Å². The molecule has 3 rings (SSSR count). The van der Waals surface area contributed by atoms with E-state index in [2.05, 4.69) is 38.1 Å². The van der Waals surface area contributed by atoms with E-state index < -0.39 is 6.09 Å². The summed E-state index contributed by atoms with van der Waals surface area (Å²) in [5, 5.41) is 5.65. The second kappa shape index (κ2) is 5.00. The Bertz CT molecular complexity index is 714. The van der Waals surface area contributed by atoms with E-state index in [1.165, 1.54) is 10.9 Å². The summed E-state index contributed by atoms with van der Waals surface area (Å²) in [4.78, 5) is 11.2. The molecule has 0 spiro atoms. The molecule has 1 aliphatic carbocycles. The second-order valence-corrected chi connectivity index (χ2v) is 7.31. The maximum atomic E-state index is 11.2. The number of carbonyl (C=O) groups excluding carboxylic acids is 1. The highest BCUT2D eigenvalue weighted by molar-refractivity contribution is 5.82. The molecule has 2 aromatic rings. The number of nitrogens with two attached hydrogens (primary N) is 1. The van der Waals surface area contributed by atoms with Crippen molar-refractivity contribution in [3.8, 4) is 0 Å². The molecule has 1 aromatic carbocycles. The first-order valence-electron chi connectivity index (χ1n) is 7.65. The number of aromatic nitrogens is 2. The standard InChI is InChI=1S/C17H23N3O2/c1-17(2,3)15(22-16(18)21)12-8-11(12)10-6-5-7-14-13(10)9-20(4)19-14/h5-7,9,11-12,15H,8H2,1-4H3,(H2,18,21). The van der Waals surface area contributed by atoms with Crippen LogP contribution in [-0.2, 0) is 11.8 Å². The zero-order valence-electron chi connectivity index (χ0n) is 13.5. The maximum Gasteiger partial charge on any atom is 0.404 e. The van der Waals surface area contributed by atoms with Crippen LogP contribution in [0.15, 0.2) is 24.4 Å². The predicted octanol–water partition coefficient (Wildman–Crippen LogP) is 3.19. The Labute approximate surface area is 130 Å². The highest BCUT2D eigenvalue weighted by Crippen LogP contribution is 2.55. The molecule has 5 nitrogen and oxygen atoms in total. The van der Waals surface area contributed by atoms with E-state index in [1.54, 1.807) is 0 Å². The Morgan fingerprint density at radius 2 is 2.18 bits per heavy atom. The van der Waals surface area contributed by atoms with Crippen molar-refractivity contribution in [2.45, 2.75) is 39.2 Å². The molecular formula is C17H23N3O2. The van der Waals surface area contributed by atoms with Crippen molar-refractivity contribution in [1.29, 1.82) is 0 Å². The minimum absolute atomic E-state index is 0.128. The van der Waals surface area contributed by atoms with E-state index in [4.69, 9.17) is 10.5 Å². The molecule has 1 amide bonds. The van der Waals surface area contributed by atoms with Crippen LogP contribution < -0.4 is 5.73 Å². The van der Waals surface area contributed by atoms with E-state index in [-0.39, 0.29) is 11.5 Å². The smallest absolute Gasteiger partial charge is 0.404 e. The van der Waals surface area contributed by atoms with Gasteiger partial charge in [-0.25, -0.2) is 4.79 Å². The van der Waals surface area contributed by atoms with Crippen molar-refractivity contribution in [1.82, 2.24) is 9.78 Å². The van der Waals surface area contributed by atoms with Gasteiger partial charge in [-0.3, -0.25) is 4.68 Å². The molecule has 5 heteroatoms. The summed E-state index contributed by atoms with van der Waals surface area (Å²) in [5.41, 5.74) is 7.43. The fraction of sp³-hybridized carbons (Fsp3) is 0.529. The predicted molar refractivity (Wildman–Crippen MR) is 85.5 cm³/mol. The van der Waals surface area contributed by atoms with Crippen LogP contribution in [0.2, 0.25) is 0 Å². The van der Waals surface area contributed by atoms with Crippen molar-refractivity contribution < 1.29 is 9.53 Å². The van der Waals surface area contributed by atoms with Gasteiger partial charge in [-0.15, -0.1) is 0 Å². The molecular weight excluding hydrogens is 278 g/mol. The van der Waals surface area contributed by atoms with Crippen molar-refractivity contribution in [3.63, 3.8) is 0 Å². The molecule has 118 valence electrons. The summed E-state index contributed by atoms with van der Waals surface area (Å²) in [6, 6.07) is 6.22. The quantitative estimate of drug-likeness (QED) is 0.946. The molecule has 0 radical (unpaired) electrons. The first-order chi connectivity index (χ1) is 10.3. The van der Waals surface area contributed by atoms with Gasteiger partial charge in [0.1, 0.15) is 6.10 Å². The number of nitrogens with zero attached hydrogens (tertiary/aromatic N) is 2. The Hall–Kier alpha value is -2.04. The molecule has 1 aliphatic rings. The van der Waals surface area contributed by atoms with E-state index in [9.17, 15) is 4.79 Å². The molecule has 1 heterocycles. The third kappa shape index (κ3) is 2.67. The number of hydrogen-bond acceptors (Lipinski definition) is 3.